The molecule has 1 heterocycles. The minimum Gasteiger partial charge on any atom is -0.436 e. The van der Waals surface area contributed by atoms with Crippen molar-refractivity contribution in [1.29, 1.82) is 0 Å². The van der Waals surface area contributed by atoms with E-state index in [0.29, 0.717) is 27.4 Å². The highest BCUT2D eigenvalue weighted by Crippen LogP contribution is 2.35. The van der Waals surface area contributed by atoms with E-state index >= 15 is 0 Å². The summed E-state index contributed by atoms with van der Waals surface area (Å²) in [5.74, 6) is 0.974. The number of aryl methyl sites for hydroxylation is 2. The second kappa shape index (κ2) is 5.72. The van der Waals surface area contributed by atoms with Crippen LogP contribution in [0.3, 0.4) is 0 Å². The number of nitrogens with two attached hydrogens (primary N) is 1. The summed E-state index contributed by atoms with van der Waals surface area (Å²) in [7, 11) is 0. The minimum absolute atomic E-state index is 0.470. The zero-order valence-corrected chi connectivity index (χ0v) is 12.3. The molecule has 0 spiro atoms. The van der Waals surface area contributed by atoms with Gasteiger partial charge < -0.3 is 10.5 Å². The fourth-order valence-electron chi connectivity index (χ4n) is 1.70. The summed E-state index contributed by atoms with van der Waals surface area (Å²) in [6.45, 7) is 4.63. The molecule has 6 heteroatoms. The predicted octanol–water partition coefficient (Wildman–Crippen LogP) is 4.28. The number of hydrogen-bond donors (Lipinski definition) is 1. The molecular weight excluding hydrogens is 285 g/mol. The quantitative estimate of drug-likeness (QED) is 0.916. The van der Waals surface area contributed by atoms with E-state index in [2.05, 4.69) is 12.0 Å². The molecule has 0 saturated heterocycles. The van der Waals surface area contributed by atoms with Crippen molar-refractivity contribution in [3.05, 3.63) is 33.9 Å². The summed E-state index contributed by atoms with van der Waals surface area (Å²) >= 11 is 12.0. The minimum atomic E-state index is 0.470. The van der Waals surface area contributed by atoms with Crippen molar-refractivity contribution in [1.82, 2.24) is 9.78 Å². The van der Waals surface area contributed by atoms with E-state index in [4.69, 9.17) is 33.7 Å². The maximum Gasteiger partial charge on any atom is 0.241 e. The van der Waals surface area contributed by atoms with Crippen molar-refractivity contribution >= 4 is 28.9 Å². The lowest BCUT2D eigenvalue weighted by atomic mass is 10.3. The molecule has 0 atom stereocenters. The maximum absolute atomic E-state index is 6.08. The first kappa shape index (κ1) is 14.0. The van der Waals surface area contributed by atoms with Crippen molar-refractivity contribution in [2.75, 3.05) is 5.73 Å². The molecule has 0 aliphatic rings. The summed E-state index contributed by atoms with van der Waals surface area (Å²) in [4.78, 5) is 0. The Bertz CT molecular complexity index is 596. The normalized spacial score (nSPS) is 10.7. The van der Waals surface area contributed by atoms with Gasteiger partial charge in [-0.05, 0) is 25.5 Å². The van der Waals surface area contributed by atoms with E-state index in [1.54, 1.807) is 22.9 Å². The van der Waals surface area contributed by atoms with E-state index < -0.39 is 0 Å². The van der Waals surface area contributed by atoms with Crippen LogP contribution in [0, 0.1) is 6.92 Å². The number of rotatable bonds is 4. The van der Waals surface area contributed by atoms with Crippen LogP contribution in [0.4, 0.5) is 5.69 Å². The number of benzene rings is 1. The molecule has 0 unspecified atom stereocenters. The van der Waals surface area contributed by atoms with Crippen LogP contribution in [0.15, 0.2) is 18.2 Å². The third-order valence-corrected chi connectivity index (χ3v) is 3.21. The van der Waals surface area contributed by atoms with Gasteiger partial charge >= 0.3 is 0 Å². The highest BCUT2D eigenvalue weighted by Gasteiger charge is 2.15. The Morgan fingerprint density at radius 2 is 2.11 bits per heavy atom. The van der Waals surface area contributed by atoms with Crippen LogP contribution >= 0.6 is 23.2 Å². The summed E-state index contributed by atoms with van der Waals surface area (Å²) in [5.41, 5.74) is 7.24. The van der Waals surface area contributed by atoms with E-state index in [-0.39, 0.29) is 0 Å². The summed E-state index contributed by atoms with van der Waals surface area (Å²) in [6.07, 6.45) is 0.931. The van der Waals surface area contributed by atoms with Crippen LogP contribution in [0.25, 0.3) is 0 Å². The zero-order chi connectivity index (χ0) is 14.0. The second-order valence-corrected chi connectivity index (χ2v) is 5.05. The number of nitrogens with zero attached hydrogens (tertiary/aromatic N) is 2. The zero-order valence-electron chi connectivity index (χ0n) is 10.8. The van der Waals surface area contributed by atoms with Gasteiger partial charge in [-0.3, -0.25) is 0 Å². The SMILES string of the molecule is CCCn1nc(C)c(N)c1Oc1cc(Cl)ccc1Cl. The molecular formula is C13H15Cl2N3O. The van der Waals surface area contributed by atoms with Crippen molar-refractivity contribution in [3.63, 3.8) is 0 Å². The Kier molecular flexibility index (Phi) is 4.22. The standard InChI is InChI=1S/C13H15Cl2N3O/c1-3-6-18-13(12(16)8(2)17-18)19-11-7-9(14)4-5-10(11)15/h4-5,7H,3,6,16H2,1-2H3. The number of halogens is 2. The summed E-state index contributed by atoms with van der Waals surface area (Å²) < 4.78 is 7.52. The second-order valence-electron chi connectivity index (χ2n) is 4.20. The fraction of sp³-hybridized carbons (Fsp3) is 0.308. The average molecular weight is 300 g/mol. The van der Waals surface area contributed by atoms with Gasteiger partial charge in [0.2, 0.25) is 5.88 Å². The first-order chi connectivity index (χ1) is 9.02. The van der Waals surface area contributed by atoms with E-state index in [1.807, 2.05) is 6.92 Å². The first-order valence-corrected chi connectivity index (χ1v) is 6.74. The molecule has 0 fully saturated rings. The van der Waals surface area contributed by atoms with Gasteiger partial charge in [0.05, 0.1) is 10.7 Å². The molecule has 0 bridgehead atoms. The molecule has 0 aliphatic heterocycles. The molecule has 0 amide bonds. The van der Waals surface area contributed by atoms with Gasteiger partial charge in [-0.25, -0.2) is 4.68 Å². The molecule has 2 rings (SSSR count). The van der Waals surface area contributed by atoms with Gasteiger partial charge in [0.25, 0.3) is 0 Å². The van der Waals surface area contributed by atoms with Gasteiger partial charge in [0, 0.05) is 17.6 Å². The Hall–Kier alpha value is -1.39. The van der Waals surface area contributed by atoms with Crippen molar-refractivity contribution in [2.24, 2.45) is 0 Å². The van der Waals surface area contributed by atoms with Crippen LogP contribution in [-0.2, 0) is 6.54 Å². The highest BCUT2D eigenvalue weighted by atomic mass is 35.5. The lowest BCUT2D eigenvalue weighted by Crippen LogP contribution is -2.02. The molecule has 0 radical (unpaired) electrons. The molecule has 4 nitrogen and oxygen atoms in total. The predicted molar refractivity (Wildman–Crippen MR) is 78.2 cm³/mol. The monoisotopic (exact) mass is 299 g/mol. The Morgan fingerprint density at radius 3 is 2.79 bits per heavy atom. The molecule has 0 aliphatic carbocycles. The maximum atomic E-state index is 6.08. The highest BCUT2D eigenvalue weighted by molar-refractivity contribution is 6.34. The van der Waals surface area contributed by atoms with Crippen LogP contribution in [0.5, 0.6) is 11.6 Å². The van der Waals surface area contributed by atoms with E-state index in [1.165, 1.54) is 0 Å². The topological polar surface area (TPSA) is 53.1 Å². The van der Waals surface area contributed by atoms with Gasteiger partial charge in [-0.15, -0.1) is 0 Å². The Morgan fingerprint density at radius 1 is 1.37 bits per heavy atom. The van der Waals surface area contributed by atoms with E-state index in [0.717, 1.165) is 18.7 Å². The first-order valence-electron chi connectivity index (χ1n) is 5.98. The summed E-state index contributed by atoms with van der Waals surface area (Å²) in [5, 5.41) is 5.37. The number of hydrogen-bond acceptors (Lipinski definition) is 3. The molecule has 19 heavy (non-hydrogen) atoms. The molecule has 1 aromatic carbocycles. The van der Waals surface area contributed by atoms with Crippen LogP contribution < -0.4 is 10.5 Å². The Labute approximate surface area is 122 Å². The van der Waals surface area contributed by atoms with Gasteiger partial charge in [-0.2, -0.15) is 5.10 Å². The van der Waals surface area contributed by atoms with Crippen molar-refractivity contribution in [2.45, 2.75) is 26.8 Å². The molecule has 0 saturated carbocycles. The van der Waals surface area contributed by atoms with Crippen molar-refractivity contribution in [3.8, 4) is 11.6 Å². The number of ether oxygens (including phenoxy) is 1. The van der Waals surface area contributed by atoms with Gasteiger partial charge in [-0.1, -0.05) is 30.1 Å². The van der Waals surface area contributed by atoms with E-state index in [9.17, 15) is 0 Å². The largest absolute Gasteiger partial charge is 0.436 e. The van der Waals surface area contributed by atoms with Crippen molar-refractivity contribution < 1.29 is 4.74 Å². The van der Waals surface area contributed by atoms with Crippen LogP contribution in [-0.4, -0.2) is 9.78 Å². The lowest BCUT2D eigenvalue weighted by Gasteiger charge is -2.10. The molecule has 1 aromatic heterocycles. The van der Waals surface area contributed by atoms with Gasteiger partial charge in [0.15, 0.2) is 0 Å². The summed E-state index contributed by atoms with van der Waals surface area (Å²) in [6, 6.07) is 5.04. The molecule has 102 valence electrons. The average Bonchev–Trinajstić information content (AvgIpc) is 2.62. The fourth-order valence-corrected chi connectivity index (χ4v) is 2.02. The third kappa shape index (κ3) is 2.96. The number of aromatic nitrogens is 2. The van der Waals surface area contributed by atoms with Crippen LogP contribution in [0.1, 0.15) is 19.0 Å². The van der Waals surface area contributed by atoms with Crippen LogP contribution in [0.2, 0.25) is 10.0 Å². The molecule has 2 aromatic rings. The smallest absolute Gasteiger partial charge is 0.241 e. The lowest BCUT2D eigenvalue weighted by molar-refractivity contribution is 0.410. The number of nitrogen functional groups attached to an aromatic ring is 1. The van der Waals surface area contributed by atoms with Gasteiger partial charge in [0.1, 0.15) is 11.4 Å². The third-order valence-electron chi connectivity index (χ3n) is 2.66. The molecule has 2 N–H and O–H groups in total. The Balaban J connectivity index is 2.39. The number of anilines is 1.